The number of fused-ring (bicyclic) bond motifs is 1. The number of benzene rings is 6. The second-order valence-corrected chi connectivity index (χ2v) is 20.8. The van der Waals surface area contributed by atoms with Crippen molar-refractivity contribution in [3.8, 4) is 28.6 Å². The molecule has 410 valence electrons. The van der Waals surface area contributed by atoms with Crippen molar-refractivity contribution in [2.75, 3.05) is 18.2 Å². The third-order valence-electron chi connectivity index (χ3n) is 13.8. The Kier molecular flexibility index (Phi) is 15.9. The van der Waals surface area contributed by atoms with Crippen molar-refractivity contribution < 1.29 is 47.8 Å². The first-order chi connectivity index (χ1) is 40.1. The number of methoxy groups -OCH3 is 1. The Labute approximate surface area is 479 Å². The van der Waals surface area contributed by atoms with Gasteiger partial charge >= 0.3 is 5.97 Å². The molecule has 0 spiro atoms. The Balaban J connectivity index is 0.906. The molecule has 19 heteroatoms. The molecule has 0 saturated carbocycles. The molecule has 0 aliphatic carbocycles. The van der Waals surface area contributed by atoms with Crippen LogP contribution in [-0.4, -0.2) is 67.9 Å². The first-order valence-corrected chi connectivity index (χ1v) is 27.7. The van der Waals surface area contributed by atoms with E-state index in [0.717, 1.165) is 38.3 Å². The number of aromatic nitrogens is 3. The third kappa shape index (κ3) is 11.1. The smallest absolute Gasteiger partial charge is 0.352 e. The van der Waals surface area contributed by atoms with Gasteiger partial charge in [0.25, 0.3) is 11.8 Å². The van der Waals surface area contributed by atoms with Crippen molar-refractivity contribution >= 4 is 51.7 Å². The maximum Gasteiger partial charge on any atom is 0.352 e. The number of carboxylic acids is 1. The van der Waals surface area contributed by atoms with Gasteiger partial charge in [-0.2, -0.15) is 4.73 Å². The van der Waals surface area contributed by atoms with E-state index >= 15 is 0 Å². The Morgan fingerprint density at radius 2 is 1.45 bits per heavy atom. The lowest BCUT2D eigenvalue weighted by molar-refractivity contribution is -0.594. The number of allylic oxidation sites excluding steroid dienone is 1. The van der Waals surface area contributed by atoms with Gasteiger partial charge < -0.3 is 44.5 Å². The highest BCUT2D eigenvalue weighted by molar-refractivity contribution is 8.00. The van der Waals surface area contributed by atoms with Crippen LogP contribution in [0.3, 0.4) is 0 Å². The number of thiazole rings is 1. The Morgan fingerprint density at radius 1 is 0.854 bits per heavy atom. The fourth-order valence-corrected chi connectivity index (χ4v) is 11.8. The van der Waals surface area contributed by atoms with Gasteiger partial charge in [0.15, 0.2) is 34.7 Å². The first-order valence-electron chi connectivity index (χ1n) is 25.8. The van der Waals surface area contributed by atoms with Crippen LogP contribution in [0.1, 0.15) is 50.9 Å². The van der Waals surface area contributed by atoms with Gasteiger partial charge in [0.05, 0.1) is 13.2 Å². The summed E-state index contributed by atoms with van der Waals surface area (Å²) < 4.78 is 24.8. The largest absolute Gasteiger partial charge is 0.618 e. The molecule has 3 N–H and O–H groups in total. The summed E-state index contributed by atoms with van der Waals surface area (Å²) in [5, 5.41) is 40.5. The standard InChI is InChI=1S/C63H51N7O10S2/c1-3-41-38-81-60-55(59(72)70(60)56(41)61(73)74)65-58(71)54(50-39-82-62(64-50)66-63(44-23-13-6-14-24-44,45-25-15-7-16-26-45)46-27-17-8-18-28-46)68-78-37-48-33-49(67-80-48)51-34-52(53(35-69(51)75)77-36-40-29-31-47(76-2)32-30-40)79-57(42-19-9-4-10-20-42)43-21-11-5-12-22-43/h3-35,39,55,57,60H,1,36-38H2,2H3,(H,64,66)(H,65,71)(H,73,74)/b68-54-/t55-,60-/m1/s1. The molecular formula is C63H51N7O10S2. The van der Waals surface area contributed by atoms with Crippen LogP contribution in [-0.2, 0) is 38.0 Å². The Morgan fingerprint density at radius 3 is 2.02 bits per heavy atom. The number of hydrogen-bond donors (Lipinski definition) is 3. The van der Waals surface area contributed by atoms with E-state index in [1.54, 1.807) is 12.5 Å². The summed E-state index contributed by atoms with van der Waals surface area (Å²) in [6.07, 6.45) is 2.08. The molecule has 11 rings (SSSR count). The third-order valence-corrected chi connectivity index (χ3v) is 15.8. The number of rotatable bonds is 22. The molecule has 82 heavy (non-hydrogen) atoms. The molecule has 2 aliphatic rings. The lowest BCUT2D eigenvalue weighted by Crippen LogP contribution is -2.71. The van der Waals surface area contributed by atoms with Crippen molar-refractivity contribution in [1.82, 2.24) is 20.4 Å². The quantitative estimate of drug-likeness (QED) is 0.0144. The number of carbonyl (C=O) groups is 3. The zero-order valence-corrected chi connectivity index (χ0v) is 45.5. The van der Waals surface area contributed by atoms with Gasteiger partial charge in [0, 0.05) is 17.2 Å². The lowest BCUT2D eigenvalue weighted by Gasteiger charge is -2.49. The van der Waals surface area contributed by atoms with Gasteiger partial charge in [-0.1, -0.05) is 187 Å². The van der Waals surface area contributed by atoms with E-state index in [9.17, 15) is 24.7 Å². The summed E-state index contributed by atoms with van der Waals surface area (Å²) in [6.45, 7) is 3.46. The number of hydrogen-bond acceptors (Lipinski definition) is 15. The summed E-state index contributed by atoms with van der Waals surface area (Å²) in [7, 11) is 1.59. The number of nitrogens with one attached hydrogen (secondary N) is 2. The van der Waals surface area contributed by atoms with Gasteiger partial charge in [-0.05, 0) is 51.1 Å². The highest BCUT2D eigenvalue weighted by Gasteiger charge is 2.54. The molecule has 9 aromatic rings. The molecule has 1 fully saturated rings. The predicted molar refractivity (Wildman–Crippen MR) is 310 cm³/mol. The predicted octanol–water partition coefficient (Wildman–Crippen LogP) is 10.4. The normalized spacial score (nSPS) is 15.0. The molecule has 0 bridgehead atoms. The zero-order chi connectivity index (χ0) is 56.6. The minimum absolute atomic E-state index is 0.0613. The average molecular weight is 1130 g/mol. The van der Waals surface area contributed by atoms with Crippen LogP contribution in [0.4, 0.5) is 5.13 Å². The summed E-state index contributed by atoms with van der Waals surface area (Å²) in [5.74, 6) is -1.23. The fraction of sp³-hybridized carbons (Fsp3) is 0.127. The van der Waals surface area contributed by atoms with Crippen molar-refractivity contribution in [3.05, 3.63) is 274 Å². The van der Waals surface area contributed by atoms with Crippen molar-refractivity contribution in [2.45, 2.75) is 36.3 Å². The van der Waals surface area contributed by atoms with Crippen molar-refractivity contribution in [3.63, 3.8) is 0 Å². The molecule has 2 atom stereocenters. The van der Waals surface area contributed by atoms with Gasteiger partial charge in [0.2, 0.25) is 17.6 Å². The molecule has 5 heterocycles. The van der Waals surface area contributed by atoms with Crippen LogP contribution < -0.4 is 29.6 Å². The number of nitrogens with zero attached hydrogens (tertiary/aromatic N) is 5. The second kappa shape index (κ2) is 24.2. The molecule has 2 aliphatic heterocycles. The molecule has 17 nitrogen and oxygen atoms in total. The number of oxime groups is 1. The van der Waals surface area contributed by atoms with E-state index in [1.807, 2.05) is 176 Å². The highest BCUT2D eigenvalue weighted by Crippen LogP contribution is 2.43. The number of β-lactam (4-membered cyclic amide) rings is 1. The van der Waals surface area contributed by atoms with Crippen molar-refractivity contribution in [2.24, 2.45) is 5.16 Å². The van der Waals surface area contributed by atoms with Gasteiger partial charge in [0.1, 0.15) is 46.8 Å². The number of carbonyl (C=O) groups excluding carboxylic acids is 2. The van der Waals surface area contributed by atoms with E-state index in [0.29, 0.717) is 21.2 Å². The van der Waals surface area contributed by atoms with Crippen molar-refractivity contribution in [1.29, 1.82) is 0 Å². The monoisotopic (exact) mass is 1130 g/mol. The van der Waals surface area contributed by atoms with Gasteiger partial charge in [-0.25, -0.2) is 9.78 Å². The highest BCUT2D eigenvalue weighted by atomic mass is 32.2. The maximum atomic E-state index is 14.6. The number of ether oxygens (including phenoxy) is 3. The molecule has 3 aromatic heterocycles. The summed E-state index contributed by atoms with van der Waals surface area (Å²) in [5.41, 5.74) is 4.52. The van der Waals surface area contributed by atoms with Crippen LogP contribution >= 0.6 is 23.1 Å². The zero-order valence-electron chi connectivity index (χ0n) is 43.9. The van der Waals surface area contributed by atoms with Gasteiger partial charge in [-0.3, -0.25) is 14.5 Å². The van der Waals surface area contributed by atoms with Crippen LogP contribution in [0.25, 0.3) is 11.4 Å². The average Bonchev–Trinajstić information content (AvgIpc) is 3.45. The number of thioether (sulfide) groups is 1. The Bertz CT molecular complexity index is 3670. The van der Waals surface area contributed by atoms with E-state index < -0.39 is 40.8 Å². The first kappa shape index (κ1) is 54.0. The van der Waals surface area contributed by atoms with Gasteiger partial charge in [-0.15, -0.1) is 23.1 Å². The van der Waals surface area contributed by atoms with Crippen LogP contribution in [0, 0.1) is 5.21 Å². The summed E-state index contributed by atoms with van der Waals surface area (Å²) >= 11 is 2.52. The molecule has 6 aromatic carbocycles. The lowest BCUT2D eigenvalue weighted by atomic mass is 9.77. The van der Waals surface area contributed by atoms with E-state index in [4.69, 9.17) is 28.6 Å². The molecular weight excluding hydrogens is 1080 g/mol. The molecule has 0 unspecified atom stereocenters. The SMILES string of the molecule is C=CC1=C(C(=O)O)N2C(=O)[C@@H](NC(=O)/C(=N\OCc3cc(-c4cc(OC(c5ccccc5)c5ccccc5)c(OCc5ccc(OC)cc5)c[n+]4[O-])no3)c3csc(NC(c4ccccc4)(c4ccccc4)c4ccccc4)n3)[C@H]2SC1. The molecule has 0 radical (unpaired) electrons. The fourth-order valence-electron chi connectivity index (χ4n) is 9.74. The number of carboxylic acid groups (broad SMARTS) is 1. The molecule has 2 amide bonds. The van der Waals surface area contributed by atoms with E-state index in [-0.39, 0.29) is 64.7 Å². The van der Waals surface area contributed by atoms with Crippen LogP contribution in [0.2, 0.25) is 0 Å². The van der Waals surface area contributed by atoms with Crippen LogP contribution in [0.5, 0.6) is 17.2 Å². The van der Waals surface area contributed by atoms with Crippen LogP contribution in [0.15, 0.2) is 233 Å². The number of amides is 2. The van der Waals surface area contributed by atoms with E-state index in [2.05, 4.69) is 27.5 Å². The van der Waals surface area contributed by atoms with E-state index in [1.165, 1.54) is 47.5 Å². The number of pyridine rings is 1. The topological polar surface area (TPSA) is 214 Å². The minimum atomic E-state index is -1.28. The maximum absolute atomic E-state index is 14.6. The summed E-state index contributed by atoms with van der Waals surface area (Å²) in [6, 6.07) is 58.4. The second-order valence-electron chi connectivity index (χ2n) is 18.8. The number of anilines is 1. The number of aliphatic carboxylic acids is 1. The summed E-state index contributed by atoms with van der Waals surface area (Å²) in [4.78, 5) is 52.6. The molecule has 1 saturated heterocycles. The Hall–Kier alpha value is -9.98. The minimum Gasteiger partial charge on any atom is -0.618 e.